The van der Waals surface area contributed by atoms with Gasteiger partial charge in [0.1, 0.15) is 12.1 Å². The van der Waals surface area contributed by atoms with E-state index >= 15 is 0 Å². The maximum atomic E-state index is 10.3. The van der Waals surface area contributed by atoms with Crippen molar-refractivity contribution in [3.05, 3.63) is 17.6 Å². The zero-order valence-corrected chi connectivity index (χ0v) is 12.9. The monoisotopic (exact) mass is 288 g/mol. The van der Waals surface area contributed by atoms with E-state index in [0.29, 0.717) is 6.42 Å². The number of pyridine rings is 1. The van der Waals surface area contributed by atoms with Crippen molar-refractivity contribution in [2.75, 3.05) is 11.9 Å². The second kappa shape index (κ2) is 7.76. The summed E-state index contributed by atoms with van der Waals surface area (Å²) in [6.45, 7) is 5.03. The first-order valence-corrected chi connectivity index (χ1v) is 7.78. The van der Waals surface area contributed by atoms with E-state index in [1.807, 2.05) is 6.92 Å². The lowest BCUT2D eigenvalue weighted by atomic mass is 10.2. The molecule has 0 aliphatic rings. The number of imidazole rings is 1. The average molecular weight is 288 g/mol. The van der Waals surface area contributed by atoms with Crippen LogP contribution in [0.25, 0.3) is 11.2 Å². The molecular formula is C16H24N4O. The van der Waals surface area contributed by atoms with E-state index < -0.39 is 0 Å². The van der Waals surface area contributed by atoms with Gasteiger partial charge in [-0.15, -0.1) is 0 Å². The minimum absolute atomic E-state index is 0.638. The van der Waals surface area contributed by atoms with Gasteiger partial charge in [0, 0.05) is 19.4 Å². The number of aromatic amines is 1. The predicted octanol–water partition coefficient (Wildman–Crippen LogP) is 3.39. The lowest BCUT2D eigenvalue weighted by molar-refractivity contribution is -0.107. The molecule has 5 nitrogen and oxygen atoms in total. The molecule has 0 atom stereocenters. The number of hydrogen-bond donors (Lipinski definition) is 2. The number of H-pyrrole nitrogens is 1. The fourth-order valence-corrected chi connectivity index (χ4v) is 2.30. The van der Waals surface area contributed by atoms with E-state index in [4.69, 9.17) is 0 Å². The third-order valence-corrected chi connectivity index (χ3v) is 3.54. The van der Waals surface area contributed by atoms with Crippen LogP contribution in [0.4, 0.5) is 5.69 Å². The van der Waals surface area contributed by atoms with E-state index in [1.54, 1.807) is 0 Å². The van der Waals surface area contributed by atoms with E-state index in [-0.39, 0.29) is 0 Å². The van der Waals surface area contributed by atoms with Crippen LogP contribution in [0.3, 0.4) is 0 Å². The van der Waals surface area contributed by atoms with Gasteiger partial charge in [-0.2, -0.15) is 0 Å². The summed E-state index contributed by atoms with van der Waals surface area (Å²) in [5, 5.41) is 3.39. The van der Waals surface area contributed by atoms with Crippen molar-refractivity contribution in [1.29, 1.82) is 0 Å². The van der Waals surface area contributed by atoms with Crippen LogP contribution in [0.5, 0.6) is 0 Å². The van der Waals surface area contributed by atoms with Crippen molar-refractivity contribution in [3.8, 4) is 0 Å². The Balaban J connectivity index is 2.02. The maximum absolute atomic E-state index is 10.3. The maximum Gasteiger partial charge on any atom is 0.178 e. The highest BCUT2D eigenvalue weighted by atomic mass is 16.1. The van der Waals surface area contributed by atoms with Gasteiger partial charge in [0.25, 0.3) is 0 Å². The molecule has 0 spiro atoms. The second-order valence-electron chi connectivity index (χ2n) is 5.37. The van der Waals surface area contributed by atoms with Crippen LogP contribution >= 0.6 is 0 Å². The first-order valence-electron chi connectivity index (χ1n) is 7.78. The first-order chi connectivity index (χ1) is 10.2. The molecule has 2 aromatic heterocycles. The van der Waals surface area contributed by atoms with Crippen molar-refractivity contribution in [1.82, 2.24) is 15.0 Å². The van der Waals surface area contributed by atoms with Gasteiger partial charge in [0.15, 0.2) is 5.65 Å². The molecule has 0 aliphatic carbocycles. The Labute approximate surface area is 125 Å². The number of nitrogens with one attached hydrogen (secondary N) is 2. The van der Waals surface area contributed by atoms with Crippen LogP contribution in [0.15, 0.2) is 6.07 Å². The number of anilines is 1. The van der Waals surface area contributed by atoms with Gasteiger partial charge in [0.2, 0.25) is 0 Å². The summed E-state index contributed by atoms with van der Waals surface area (Å²) in [5.41, 5.74) is 3.79. The summed E-state index contributed by atoms with van der Waals surface area (Å²) in [4.78, 5) is 22.7. The fourth-order valence-electron chi connectivity index (χ4n) is 2.30. The van der Waals surface area contributed by atoms with Crippen molar-refractivity contribution in [2.45, 2.75) is 52.4 Å². The van der Waals surface area contributed by atoms with Gasteiger partial charge in [0.05, 0.1) is 16.9 Å². The van der Waals surface area contributed by atoms with Crippen LogP contribution in [-0.2, 0) is 11.2 Å². The number of fused-ring (bicyclic) bond motifs is 1. The van der Waals surface area contributed by atoms with E-state index in [9.17, 15) is 4.79 Å². The number of hydrogen-bond acceptors (Lipinski definition) is 4. The Hall–Kier alpha value is -1.91. The molecule has 21 heavy (non-hydrogen) atoms. The fraction of sp³-hybridized carbons (Fsp3) is 0.562. The number of aldehydes is 1. The van der Waals surface area contributed by atoms with E-state index in [1.165, 1.54) is 0 Å². The molecule has 0 fully saturated rings. The molecule has 2 N–H and O–H groups in total. The molecule has 0 aliphatic heterocycles. The number of nitrogens with zero attached hydrogens (tertiary/aromatic N) is 2. The van der Waals surface area contributed by atoms with Gasteiger partial charge in [-0.1, -0.05) is 13.3 Å². The molecule has 5 heteroatoms. The first kappa shape index (κ1) is 15.5. The van der Waals surface area contributed by atoms with Crippen LogP contribution in [-0.4, -0.2) is 27.8 Å². The SMILES string of the molecule is CCCCc1nc2nc(C)c(NCCCCC=O)cc2[nH]1. The lowest BCUT2D eigenvalue weighted by Crippen LogP contribution is -2.04. The second-order valence-corrected chi connectivity index (χ2v) is 5.37. The molecular weight excluding hydrogens is 264 g/mol. The number of unbranched alkanes of at least 4 members (excludes halogenated alkanes) is 3. The molecule has 2 aromatic rings. The van der Waals surface area contributed by atoms with Crippen molar-refractivity contribution < 1.29 is 4.79 Å². The number of aryl methyl sites for hydroxylation is 2. The molecule has 0 unspecified atom stereocenters. The third-order valence-electron chi connectivity index (χ3n) is 3.54. The summed E-state index contributed by atoms with van der Waals surface area (Å²) >= 11 is 0. The van der Waals surface area contributed by atoms with Crippen LogP contribution in [0.2, 0.25) is 0 Å². The highest BCUT2D eigenvalue weighted by Gasteiger charge is 2.07. The van der Waals surface area contributed by atoms with Crippen LogP contribution in [0.1, 0.15) is 50.5 Å². The van der Waals surface area contributed by atoms with Crippen molar-refractivity contribution >= 4 is 23.1 Å². The van der Waals surface area contributed by atoms with Crippen LogP contribution < -0.4 is 5.32 Å². The van der Waals surface area contributed by atoms with Gasteiger partial charge >= 0.3 is 0 Å². The normalized spacial score (nSPS) is 11.0. The summed E-state index contributed by atoms with van der Waals surface area (Å²) in [6, 6.07) is 2.08. The largest absolute Gasteiger partial charge is 0.384 e. The third kappa shape index (κ3) is 4.28. The molecule has 0 radical (unpaired) electrons. The predicted molar refractivity (Wildman–Crippen MR) is 85.6 cm³/mol. The molecule has 114 valence electrons. The van der Waals surface area contributed by atoms with Gasteiger partial charge in [-0.05, 0) is 32.3 Å². The Kier molecular flexibility index (Phi) is 5.72. The number of rotatable bonds is 9. The molecule has 0 amide bonds. The summed E-state index contributed by atoms with van der Waals surface area (Å²) in [5.74, 6) is 1.02. The van der Waals surface area contributed by atoms with Gasteiger partial charge in [-0.25, -0.2) is 9.97 Å². The number of carbonyl (C=O) groups excluding carboxylic acids is 1. The molecule has 0 saturated carbocycles. The quantitative estimate of drug-likeness (QED) is 0.548. The topological polar surface area (TPSA) is 70.7 Å². The zero-order chi connectivity index (χ0) is 15.1. The van der Waals surface area contributed by atoms with Gasteiger partial charge in [-0.3, -0.25) is 0 Å². The minimum Gasteiger partial charge on any atom is -0.384 e. The summed E-state index contributed by atoms with van der Waals surface area (Å²) in [6.07, 6.45) is 6.80. The van der Waals surface area contributed by atoms with Crippen LogP contribution in [0, 0.1) is 6.92 Å². The Bertz CT molecular complexity index is 591. The lowest BCUT2D eigenvalue weighted by Gasteiger charge is -2.08. The highest BCUT2D eigenvalue weighted by Crippen LogP contribution is 2.19. The summed E-state index contributed by atoms with van der Waals surface area (Å²) < 4.78 is 0. The van der Waals surface area contributed by atoms with Crippen molar-refractivity contribution in [3.63, 3.8) is 0 Å². The minimum atomic E-state index is 0.638. The highest BCUT2D eigenvalue weighted by molar-refractivity contribution is 5.76. The number of carbonyl (C=O) groups is 1. The Morgan fingerprint density at radius 2 is 2.14 bits per heavy atom. The molecule has 0 saturated heterocycles. The average Bonchev–Trinajstić information content (AvgIpc) is 2.86. The molecule has 2 heterocycles. The van der Waals surface area contributed by atoms with Gasteiger partial charge < -0.3 is 15.1 Å². The Morgan fingerprint density at radius 1 is 1.29 bits per heavy atom. The summed E-state index contributed by atoms with van der Waals surface area (Å²) in [7, 11) is 0. The standard InChI is InChI=1S/C16H24N4O/c1-3-4-8-15-19-14-11-13(12(2)18-16(14)20-15)17-9-6-5-7-10-21/h10-11,17H,3-9H2,1-2H3,(H,18,19,20). The molecule has 2 rings (SSSR count). The molecule has 0 aromatic carbocycles. The smallest absolute Gasteiger partial charge is 0.178 e. The van der Waals surface area contributed by atoms with E-state index in [2.05, 4.69) is 33.3 Å². The zero-order valence-electron chi connectivity index (χ0n) is 12.9. The Morgan fingerprint density at radius 3 is 2.90 bits per heavy atom. The van der Waals surface area contributed by atoms with E-state index in [0.717, 1.165) is 73.3 Å². The number of aromatic nitrogens is 3. The molecule has 0 bridgehead atoms. The van der Waals surface area contributed by atoms with Crippen molar-refractivity contribution in [2.24, 2.45) is 0 Å².